The molecule has 1 aromatic carbocycles. The Hall–Kier alpha value is -3.61. The second kappa shape index (κ2) is 9.90. The van der Waals surface area contributed by atoms with Gasteiger partial charge < -0.3 is 14.2 Å². The summed E-state index contributed by atoms with van der Waals surface area (Å²) in [6.45, 7) is 3.25. The van der Waals surface area contributed by atoms with Crippen molar-refractivity contribution in [1.29, 1.82) is 0 Å². The largest absolute Gasteiger partial charge is 0.464 e. The van der Waals surface area contributed by atoms with Crippen molar-refractivity contribution in [1.82, 2.24) is 5.32 Å². The molecule has 172 valence electrons. The van der Waals surface area contributed by atoms with Crippen LogP contribution in [0.4, 0.5) is 5.69 Å². The summed E-state index contributed by atoms with van der Waals surface area (Å²) in [6, 6.07) is 12.3. The first kappa shape index (κ1) is 22.6. The maximum Gasteiger partial charge on any atom is 0.295 e. The molecule has 0 unspecified atom stereocenters. The SMILES string of the molecule is CC(=O)c1cccc(N(C(=O)c2ccco2)[C@H](C(=O)NC2CCCCC2)c2ccc(C)o2)c1. The quantitative estimate of drug-likeness (QED) is 0.500. The Balaban J connectivity index is 1.80. The molecular weight excluding hydrogens is 420 g/mol. The Morgan fingerprint density at radius 3 is 2.45 bits per heavy atom. The van der Waals surface area contributed by atoms with Crippen LogP contribution in [-0.4, -0.2) is 23.6 Å². The summed E-state index contributed by atoms with van der Waals surface area (Å²) in [6.07, 6.45) is 6.50. The predicted octanol–water partition coefficient (Wildman–Crippen LogP) is 5.22. The first-order chi connectivity index (χ1) is 15.9. The molecule has 0 spiro atoms. The van der Waals surface area contributed by atoms with Crippen LogP contribution in [-0.2, 0) is 4.79 Å². The molecule has 33 heavy (non-hydrogen) atoms. The Kier molecular flexibility index (Phi) is 6.77. The lowest BCUT2D eigenvalue weighted by Crippen LogP contribution is -2.47. The molecule has 1 aliphatic carbocycles. The van der Waals surface area contributed by atoms with Crippen molar-refractivity contribution in [2.75, 3.05) is 4.90 Å². The van der Waals surface area contributed by atoms with Crippen molar-refractivity contribution in [3.05, 3.63) is 77.6 Å². The predicted molar refractivity (Wildman–Crippen MR) is 123 cm³/mol. The highest BCUT2D eigenvalue weighted by Crippen LogP contribution is 2.32. The Morgan fingerprint density at radius 1 is 1.03 bits per heavy atom. The maximum absolute atomic E-state index is 13.7. The fraction of sp³-hybridized carbons (Fsp3) is 0.346. The number of rotatable bonds is 7. The molecule has 1 fully saturated rings. The highest BCUT2D eigenvalue weighted by Gasteiger charge is 2.37. The molecule has 2 heterocycles. The number of benzene rings is 1. The number of amides is 2. The van der Waals surface area contributed by atoms with Gasteiger partial charge in [0, 0.05) is 17.3 Å². The molecule has 1 atom stereocenters. The van der Waals surface area contributed by atoms with Gasteiger partial charge in [0.15, 0.2) is 17.6 Å². The van der Waals surface area contributed by atoms with Crippen LogP contribution in [0.15, 0.2) is 63.6 Å². The molecule has 7 heteroatoms. The third kappa shape index (κ3) is 5.08. The Bertz CT molecular complexity index is 1130. The molecule has 2 amide bonds. The summed E-state index contributed by atoms with van der Waals surface area (Å²) in [7, 11) is 0. The number of nitrogens with one attached hydrogen (secondary N) is 1. The zero-order valence-electron chi connectivity index (χ0n) is 18.9. The van der Waals surface area contributed by atoms with Crippen LogP contribution in [0.1, 0.15) is 77.5 Å². The zero-order chi connectivity index (χ0) is 23.4. The van der Waals surface area contributed by atoms with Crippen LogP contribution in [0, 0.1) is 6.92 Å². The Morgan fingerprint density at radius 2 is 1.82 bits per heavy atom. The van der Waals surface area contributed by atoms with E-state index in [1.165, 1.54) is 18.1 Å². The van der Waals surface area contributed by atoms with Gasteiger partial charge in [0.1, 0.15) is 11.5 Å². The van der Waals surface area contributed by atoms with E-state index in [0.717, 1.165) is 32.1 Å². The van der Waals surface area contributed by atoms with E-state index in [1.807, 2.05) is 0 Å². The lowest BCUT2D eigenvalue weighted by Gasteiger charge is -2.31. The molecule has 0 saturated heterocycles. The van der Waals surface area contributed by atoms with Crippen molar-refractivity contribution in [3.63, 3.8) is 0 Å². The van der Waals surface area contributed by atoms with Crippen LogP contribution in [0.3, 0.4) is 0 Å². The minimum atomic E-state index is -1.07. The molecule has 2 aromatic heterocycles. The van der Waals surface area contributed by atoms with Crippen LogP contribution in [0.5, 0.6) is 0 Å². The Labute approximate surface area is 192 Å². The van der Waals surface area contributed by atoms with Gasteiger partial charge in [0.25, 0.3) is 11.8 Å². The lowest BCUT2D eigenvalue weighted by molar-refractivity contribution is -0.123. The summed E-state index contributed by atoms with van der Waals surface area (Å²) in [5.74, 6) is 0.0847. The average molecular weight is 449 g/mol. The summed E-state index contributed by atoms with van der Waals surface area (Å²) in [5, 5.41) is 3.12. The number of carbonyl (C=O) groups is 3. The van der Waals surface area contributed by atoms with Gasteiger partial charge in [0.2, 0.25) is 0 Å². The number of ketones is 1. The number of Topliss-reactive ketones (excluding diaryl/α,β-unsaturated/α-hetero) is 1. The smallest absolute Gasteiger partial charge is 0.295 e. The number of furan rings is 2. The van der Waals surface area contributed by atoms with Gasteiger partial charge in [-0.25, -0.2) is 0 Å². The van der Waals surface area contributed by atoms with Gasteiger partial charge in [0.05, 0.1) is 6.26 Å². The minimum Gasteiger partial charge on any atom is -0.464 e. The molecule has 7 nitrogen and oxygen atoms in total. The highest BCUT2D eigenvalue weighted by molar-refractivity contribution is 6.09. The van der Waals surface area contributed by atoms with Gasteiger partial charge in [-0.05, 0) is 63.1 Å². The molecule has 4 rings (SSSR count). The standard InChI is InChI=1S/C26H28N2O5/c1-17-13-14-22(33-17)24(25(30)27-20-9-4-3-5-10-20)28(26(31)23-12-7-15-32-23)21-11-6-8-19(16-21)18(2)29/h6-8,11-16,20,24H,3-5,9-10H2,1-2H3,(H,27,30)/t24-/m0/s1. The molecule has 1 saturated carbocycles. The van der Waals surface area contributed by atoms with E-state index in [0.29, 0.717) is 22.8 Å². The highest BCUT2D eigenvalue weighted by atomic mass is 16.3. The normalized spacial score (nSPS) is 15.1. The molecule has 0 radical (unpaired) electrons. The van der Waals surface area contributed by atoms with E-state index >= 15 is 0 Å². The van der Waals surface area contributed by atoms with E-state index in [2.05, 4.69) is 5.32 Å². The third-order valence-corrected chi connectivity index (χ3v) is 5.97. The van der Waals surface area contributed by atoms with Crippen LogP contribution >= 0.6 is 0 Å². The number of aryl methyl sites for hydroxylation is 1. The first-order valence-corrected chi connectivity index (χ1v) is 11.3. The fourth-order valence-electron chi connectivity index (χ4n) is 4.28. The molecule has 3 aromatic rings. The average Bonchev–Trinajstić information content (AvgIpc) is 3.50. The first-order valence-electron chi connectivity index (χ1n) is 11.3. The van der Waals surface area contributed by atoms with Crippen LogP contribution in [0.25, 0.3) is 0 Å². The zero-order valence-corrected chi connectivity index (χ0v) is 18.9. The van der Waals surface area contributed by atoms with Gasteiger partial charge in [-0.3, -0.25) is 19.3 Å². The van der Waals surface area contributed by atoms with Gasteiger partial charge in [-0.1, -0.05) is 31.4 Å². The number of anilines is 1. The monoisotopic (exact) mass is 448 g/mol. The van der Waals surface area contributed by atoms with E-state index in [-0.39, 0.29) is 23.5 Å². The fourth-order valence-corrected chi connectivity index (χ4v) is 4.28. The summed E-state index contributed by atoms with van der Waals surface area (Å²) >= 11 is 0. The van der Waals surface area contributed by atoms with E-state index in [1.54, 1.807) is 55.5 Å². The summed E-state index contributed by atoms with van der Waals surface area (Å²) in [5.41, 5.74) is 0.841. The van der Waals surface area contributed by atoms with Crippen LogP contribution < -0.4 is 10.2 Å². The second-order valence-corrected chi connectivity index (χ2v) is 8.45. The molecule has 1 aliphatic rings. The number of hydrogen-bond donors (Lipinski definition) is 1. The van der Waals surface area contributed by atoms with E-state index in [9.17, 15) is 14.4 Å². The second-order valence-electron chi connectivity index (χ2n) is 8.45. The van der Waals surface area contributed by atoms with Crippen molar-refractivity contribution >= 4 is 23.3 Å². The third-order valence-electron chi connectivity index (χ3n) is 5.97. The van der Waals surface area contributed by atoms with Gasteiger partial charge >= 0.3 is 0 Å². The molecular formula is C26H28N2O5. The maximum atomic E-state index is 13.7. The summed E-state index contributed by atoms with van der Waals surface area (Å²) < 4.78 is 11.2. The lowest BCUT2D eigenvalue weighted by atomic mass is 9.95. The number of nitrogens with zero attached hydrogens (tertiary/aromatic N) is 1. The van der Waals surface area contributed by atoms with Crippen molar-refractivity contribution in [2.24, 2.45) is 0 Å². The molecule has 0 bridgehead atoms. The summed E-state index contributed by atoms with van der Waals surface area (Å²) in [4.78, 5) is 40.7. The van der Waals surface area contributed by atoms with Crippen LogP contribution in [0.2, 0.25) is 0 Å². The number of carbonyl (C=O) groups excluding carboxylic acids is 3. The van der Waals surface area contributed by atoms with Gasteiger partial charge in [-0.2, -0.15) is 0 Å². The van der Waals surface area contributed by atoms with E-state index < -0.39 is 11.9 Å². The molecule has 1 N–H and O–H groups in total. The minimum absolute atomic E-state index is 0.0499. The number of hydrogen-bond acceptors (Lipinski definition) is 5. The van der Waals surface area contributed by atoms with Crippen molar-refractivity contribution in [3.8, 4) is 0 Å². The topological polar surface area (TPSA) is 92.8 Å². The van der Waals surface area contributed by atoms with Crippen molar-refractivity contribution in [2.45, 2.75) is 58.0 Å². The van der Waals surface area contributed by atoms with Crippen molar-refractivity contribution < 1.29 is 23.2 Å². The van der Waals surface area contributed by atoms with E-state index in [4.69, 9.17) is 8.83 Å². The molecule has 0 aliphatic heterocycles. The van der Waals surface area contributed by atoms with Gasteiger partial charge in [-0.15, -0.1) is 0 Å².